The van der Waals surface area contributed by atoms with Crippen LogP contribution in [0.25, 0.3) is 11.4 Å². The SMILES string of the molecule is CC(=O)N1CCN(c2c(COc3ccccc3)n(Cc3cc(C)c(OC(=O)C(C)C)c(C)c3)c(-c3ccc(Cl)cc3Cl)[n+]2CC2OCCO2)CC1. The molecule has 270 valence electrons. The fourth-order valence-electron chi connectivity index (χ4n) is 6.71. The Morgan fingerprint density at radius 1 is 0.941 bits per heavy atom. The lowest BCUT2D eigenvalue weighted by atomic mass is 10.0. The number of amides is 1. The molecule has 10 nitrogen and oxygen atoms in total. The molecule has 2 aliphatic heterocycles. The Hall–Kier alpha value is -4.09. The number of nitrogens with zero attached hydrogens (tertiary/aromatic N) is 4. The maximum Gasteiger partial charge on any atom is 0.313 e. The van der Waals surface area contributed by atoms with Crippen LogP contribution in [-0.4, -0.2) is 67.0 Å². The fraction of sp³-hybridized carbons (Fsp3) is 0.410. The van der Waals surface area contributed by atoms with Gasteiger partial charge in [-0.2, -0.15) is 0 Å². The van der Waals surface area contributed by atoms with E-state index in [4.69, 9.17) is 42.1 Å². The van der Waals surface area contributed by atoms with E-state index >= 15 is 0 Å². The highest BCUT2D eigenvalue weighted by Gasteiger charge is 2.39. The molecule has 6 rings (SSSR count). The Kier molecular flexibility index (Phi) is 11.6. The van der Waals surface area contributed by atoms with Gasteiger partial charge in [0.1, 0.15) is 24.7 Å². The minimum absolute atomic E-state index is 0.0578. The van der Waals surface area contributed by atoms with Crippen molar-refractivity contribution in [1.29, 1.82) is 0 Å². The zero-order chi connectivity index (χ0) is 36.2. The number of benzene rings is 3. The van der Waals surface area contributed by atoms with Crippen LogP contribution in [0, 0.1) is 19.8 Å². The monoisotopic (exact) mass is 735 g/mol. The Balaban J connectivity index is 1.56. The van der Waals surface area contributed by atoms with Gasteiger partial charge in [-0.25, -0.2) is 9.13 Å². The first kappa shape index (κ1) is 36.7. The van der Waals surface area contributed by atoms with Gasteiger partial charge < -0.3 is 23.8 Å². The van der Waals surface area contributed by atoms with Crippen LogP contribution in [0.4, 0.5) is 5.82 Å². The Labute approximate surface area is 309 Å². The van der Waals surface area contributed by atoms with E-state index in [1.54, 1.807) is 13.0 Å². The summed E-state index contributed by atoms with van der Waals surface area (Å²) >= 11 is 13.5. The van der Waals surface area contributed by atoms with Gasteiger partial charge in [0.15, 0.2) is 12.0 Å². The molecule has 0 bridgehead atoms. The number of halogens is 2. The van der Waals surface area contributed by atoms with Crippen LogP contribution in [0.5, 0.6) is 11.5 Å². The lowest BCUT2D eigenvalue weighted by Gasteiger charge is -2.32. The predicted octanol–water partition coefficient (Wildman–Crippen LogP) is 6.60. The minimum atomic E-state index is -0.477. The average molecular weight is 737 g/mol. The summed E-state index contributed by atoms with van der Waals surface area (Å²) < 4.78 is 28.8. The first-order valence-corrected chi connectivity index (χ1v) is 18.1. The summed E-state index contributed by atoms with van der Waals surface area (Å²) in [6, 6.07) is 19.4. The van der Waals surface area contributed by atoms with Gasteiger partial charge in [0.2, 0.25) is 11.7 Å². The van der Waals surface area contributed by atoms with Crippen LogP contribution in [0.15, 0.2) is 60.7 Å². The largest absolute Gasteiger partial charge is 0.486 e. The van der Waals surface area contributed by atoms with Crippen molar-refractivity contribution in [3.8, 4) is 22.9 Å². The Bertz CT molecular complexity index is 1860. The predicted molar refractivity (Wildman–Crippen MR) is 197 cm³/mol. The molecule has 2 fully saturated rings. The smallest absolute Gasteiger partial charge is 0.313 e. The first-order chi connectivity index (χ1) is 24.5. The van der Waals surface area contributed by atoms with Crippen LogP contribution in [-0.2, 0) is 38.8 Å². The summed E-state index contributed by atoms with van der Waals surface area (Å²) in [4.78, 5) is 29.1. The van der Waals surface area contributed by atoms with Gasteiger partial charge >= 0.3 is 5.97 Å². The lowest BCUT2D eigenvalue weighted by molar-refractivity contribution is -0.686. The highest BCUT2D eigenvalue weighted by Crippen LogP contribution is 2.36. The molecule has 51 heavy (non-hydrogen) atoms. The first-order valence-electron chi connectivity index (χ1n) is 17.3. The number of piperazine rings is 1. The van der Waals surface area contributed by atoms with Gasteiger partial charge in [-0.05, 0) is 73.0 Å². The second-order valence-corrected chi connectivity index (χ2v) is 14.2. The van der Waals surface area contributed by atoms with Gasteiger partial charge in [0, 0.05) is 11.9 Å². The van der Waals surface area contributed by atoms with E-state index in [2.05, 4.69) is 26.2 Å². The molecule has 0 spiro atoms. The molecule has 0 saturated carbocycles. The zero-order valence-corrected chi connectivity index (χ0v) is 31.3. The molecule has 3 aromatic carbocycles. The third kappa shape index (κ3) is 8.36. The molecule has 0 unspecified atom stereocenters. The standard InChI is InChI=1S/C39H45Cl2N4O6/c1-25(2)39(47)51-36-26(3)19-29(20-27(36)4)22-44-34(24-50-31-9-7-6-8-10-31)38(43-15-13-42(14-16-43)28(5)46)45(23-35-48-17-18-49-35)37(44)32-12-11-30(40)21-33(32)41/h6-12,19-21,25,35H,13-18,22-24H2,1-5H3/q+1. The van der Waals surface area contributed by atoms with Crippen LogP contribution < -0.4 is 18.9 Å². The topological polar surface area (TPSA) is 86.3 Å². The van der Waals surface area contributed by atoms with E-state index in [9.17, 15) is 9.59 Å². The molecule has 0 aliphatic carbocycles. The summed E-state index contributed by atoms with van der Waals surface area (Å²) in [6.07, 6.45) is -0.477. The number of anilines is 1. The van der Waals surface area contributed by atoms with E-state index < -0.39 is 6.29 Å². The summed E-state index contributed by atoms with van der Waals surface area (Å²) in [5.41, 5.74) is 4.43. The number of ether oxygens (including phenoxy) is 4. The number of carbonyl (C=O) groups excluding carboxylic acids is 2. The second kappa shape index (κ2) is 16.1. The average Bonchev–Trinajstić information content (AvgIpc) is 3.72. The van der Waals surface area contributed by atoms with Crippen LogP contribution in [0.2, 0.25) is 10.0 Å². The number of aromatic nitrogens is 2. The molecular formula is C39H45Cl2N4O6+. The molecule has 0 radical (unpaired) electrons. The van der Waals surface area contributed by atoms with E-state index in [0.717, 1.165) is 45.3 Å². The van der Waals surface area contributed by atoms with Crippen molar-refractivity contribution in [3.63, 3.8) is 0 Å². The van der Waals surface area contributed by atoms with Crippen molar-refractivity contribution in [2.75, 3.05) is 44.3 Å². The van der Waals surface area contributed by atoms with Crippen molar-refractivity contribution in [1.82, 2.24) is 9.47 Å². The molecule has 4 aromatic rings. The lowest BCUT2D eigenvalue weighted by Crippen LogP contribution is -2.53. The van der Waals surface area contributed by atoms with Gasteiger partial charge in [0.25, 0.3) is 5.82 Å². The number of para-hydroxylation sites is 1. The maximum absolute atomic E-state index is 12.6. The summed E-state index contributed by atoms with van der Waals surface area (Å²) in [5.74, 6) is 2.62. The molecule has 0 N–H and O–H groups in total. The fourth-order valence-corrected chi connectivity index (χ4v) is 7.20. The quantitative estimate of drug-likeness (QED) is 0.0976. The summed E-state index contributed by atoms with van der Waals surface area (Å²) in [7, 11) is 0. The summed E-state index contributed by atoms with van der Waals surface area (Å²) in [6.45, 7) is 13.7. The molecule has 2 saturated heterocycles. The normalized spacial score (nSPS) is 15.1. The third-order valence-electron chi connectivity index (χ3n) is 9.22. The van der Waals surface area contributed by atoms with Crippen LogP contribution in [0.1, 0.15) is 43.2 Å². The molecule has 12 heteroatoms. The molecule has 0 atom stereocenters. The second-order valence-electron chi connectivity index (χ2n) is 13.3. The third-order valence-corrected chi connectivity index (χ3v) is 9.77. The number of rotatable bonds is 11. The van der Waals surface area contributed by atoms with Crippen molar-refractivity contribution < 1.29 is 33.1 Å². The van der Waals surface area contributed by atoms with Crippen LogP contribution >= 0.6 is 23.2 Å². The van der Waals surface area contributed by atoms with E-state index in [1.165, 1.54) is 0 Å². The molecular weight excluding hydrogens is 691 g/mol. The highest BCUT2D eigenvalue weighted by molar-refractivity contribution is 6.36. The molecule has 3 heterocycles. The number of aryl methyl sites for hydroxylation is 2. The van der Waals surface area contributed by atoms with Crippen molar-refractivity contribution in [2.45, 2.75) is 60.6 Å². The zero-order valence-electron chi connectivity index (χ0n) is 29.8. The van der Waals surface area contributed by atoms with Crippen LogP contribution in [0.3, 0.4) is 0 Å². The van der Waals surface area contributed by atoms with Gasteiger partial charge in [0.05, 0.1) is 62.4 Å². The van der Waals surface area contributed by atoms with E-state index in [0.29, 0.717) is 68.3 Å². The highest BCUT2D eigenvalue weighted by atomic mass is 35.5. The van der Waals surface area contributed by atoms with E-state index in [-0.39, 0.29) is 24.4 Å². The van der Waals surface area contributed by atoms with Gasteiger partial charge in [-0.15, -0.1) is 0 Å². The van der Waals surface area contributed by atoms with Crippen molar-refractivity contribution >= 4 is 40.9 Å². The number of imidazole rings is 1. The Morgan fingerprint density at radius 3 is 2.22 bits per heavy atom. The Morgan fingerprint density at radius 2 is 1.61 bits per heavy atom. The van der Waals surface area contributed by atoms with E-state index in [1.807, 2.05) is 75.1 Å². The molecule has 2 aliphatic rings. The maximum atomic E-state index is 12.6. The number of hydrogen-bond donors (Lipinski definition) is 0. The van der Waals surface area contributed by atoms with Gasteiger partial charge in [-0.3, -0.25) is 14.5 Å². The number of carbonyl (C=O) groups is 2. The number of esters is 1. The van der Waals surface area contributed by atoms with Crippen molar-refractivity contribution in [3.05, 3.63) is 93.1 Å². The minimum Gasteiger partial charge on any atom is -0.486 e. The van der Waals surface area contributed by atoms with Gasteiger partial charge in [-0.1, -0.05) is 55.2 Å². The molecule has 1 amide bonds. The number of hydrogen-bond acceptors (Lipinski definition) is 7. The molecule has 1 aromatic heterocycles. The van der Waals surface area contributed by atoms with Crippen molar-refractivity contribution in [2.24, 2.45) is 5.92 Å². The summed E-state index contributed by atoms with van der Waals surface area (Å²) in [5, 5.41) is 1.02.